The van der Waals surface area contributed by atoms with E-state index in [2.05, 4.69) is 15.3 Å². The molecular weight excluding hydrogens is 962 g/mol. The van der Waals surface area contributed by atoms with Crippen molar-refractivity contribution in [1.29, 1.82) is 0 Å². The second-order valence-corrected chi connectivity index (χ2v) is 21.3. The molecule has 4 aromatic carbocycles. The van der Waals surface area contributed by atoms with Crippen molar-refractivity contribution in [2.24, 2.45) is 0 Å². The minimum atomic E-state index is -3.68. The predicted octanol–water partition coefficient (Wildman–Crippen LogP) is 6.06. The van der Waals surface area contributed by atoms with Gasteiger partial charge in [0.05, 0.1) is 39.2 Å². The normalized spacial score (nSPS) is 20.9. The number of H-pyrrole nitrogens is 1. The first kappa shape index (κ1) is 50.2. The molecule has 2 N–H and O–H groups in total. The van der Waals surface area contributed by atoms with Gasteiger partial charge < -0.3 is 55.0 Å². The van der Waals surface area contributed by atoms with Crippen LogP contribution in [0.4, 0.5) is 5.82 Å². The Morgan fingerprint density at radius 3 is 1.94 bits per heavy atom. The number of anilines is 1. The number of carbonyl (C=O) groups excluding carboxylic acids is 2. The fourth-order valence-corrected chi connectivity index (χ4v) is 10.4. The Bertz CT molecular complexity index is 2980. The zero-order valence-electron chi connectivity index (χ0n) is 38.3. The number of aryl methyl sites for hydroxylation is 1. The van der Waals surface area contributed by atoms with E-state index in [1.165, 1.54) is 34.5 Å². The molecule has 7 atom stereocenters. The lowest BCUT2D eigenvalue weighted by molar-refractivity contribution is -0.150. The van der Waals surface area contributed by atoms with E-state index in [0.29, 0.717) is 17.1 Å². The number of nitrogens with one attached hydrogen (secondary N) is 2. The Morgan fingerprint density at radius 1 is 0.800 bits per heavy atom. The van der Waals surface area contributed by atoms with Crippen molar-refractivity contribution in [3.8, 4) is 11.5 Å². The number of hydrogen-bond donors (Lipinski definition) is 2. The smallest absolute Gasteiger partial charge is 0.351 e. The summed E-state index contributed by atoms with van der Waals surface area (Å²) in [5.74, 6) is 0.260. The first-order chi connectivity index (χ1) is 33.7. The molecule has 0 aliphatic carbocycles. The third-order valence-electron chi connectivity index (χ3n) is 11.9. The third-order valence-corrected chi connectivity index (χ3v) is 14.0. The third kappa shape index (κ3) is 11.4. The summed E-state index contributed by atoms with van der Waals surface area (Å²) in [6, 6.07) is 34.6. The van der Waals surface area contributed by atoms with Crippen LogP contribution in [0.3, 0.4) is 0 Å². The van der Waals surface area contributed by atoms with Crippen molar-refractivity contribution >= 4 is 47.4 Å². The number of carbonyl (C=O) groups is 2. The second kappa shape index (κ2) is 21.8. The number of benzene rings is 4. The molecule has 2 aromatic heterocycles. The summed E-state index contributed by atoms with van der Waals surface area (Å²) in [4.78, 5) is 70.2. The number of aromatic nitrogens is 4. The molecule has 366 valence electrons. The lowest BCUT2D eigenvalue weighted by atomic mass is 9.80. The standard InChI is InChI=1S/C49H50N5O13PS2/c1-30-27-54(48(59)52-45(30)56)44-25-38(64-31(2)55)41(66-44)29-63-68(69,70)67-39-26-43(53-24-23-42(51-47(53)58)50-46(57)32-11-7-5-8-12-32)65-40(39)28-62-49(33-13-9-6-10-14-33,34-15-19-36(60-3)20-16-34)35-17-21-37(61-4)22-18-35/h5-24,27,38-41,43-44H,25-26,28-29H2,1-4H3,(H,69,70)(H,52,56,59)(H,50,51,57,58)/p-1/t38-,39-,40+,41+,43+,44+/m0/s1. The average Bonchev–Trinajstić information content (AvgIpc) is 3.95. The molecule has 8 rings (SSSR count). The van der Waals surface area contributed by atoms with Crippen molar-refractivity contribution < 1.29 is 47.1 Å². The molecule has 2 aliphatic rings. The highest BCUT2D eigenvalue weighted by atomic mass is 32.9. The van der Waals surface area contributed by atoms with Crippen molar-refractivity contribution in [1.82, 2.24) is 19.1 Å². The van der Waals surface area contributed by atoms with E-state index >= 15 is 0 Å². The van der Waals surface area contributed by atoms with Gasteiger partial charge in [0, 0.05) is 43.3 Å². The van der Waals surface area contributed by atoms with Crippen LogP contribution in [0, 0.1) is 6.92 Å². The molecule has 2 aliphatic heterocycles. The Hall–Kier alpha value is -6.22. The van der Waals surface area contributed by atoms with Crippen LogP contribution in [0.2, 0.25) is 0 Å². The number of methoxy groups -OCH3 is 2. The van der Waals surface area contributed by atoms with Gasteiger partial charge in [-0.25, -0.2) is 9.59 Å². The largest absolute Gasteiger partial charge is 0.691 e. The molecule has 0 bridgehead atoms. The lowest BCUT2D eigenvalue weighted by Gasteiger charge is -2.38. The van der Waals surface area contributed by atoms with Crippen LogP contribution < -0.4 is 31.7 Å². The van der Waals surface area contributed by atoms with Crippen LogP contribution in [-0.2, 0) is 62.4 Å². The van der Waals surface area contributed by atoms with E-state index in [9.17, 15) is 24.0 Å². The SMILES string of the molecule is COc1ccc(C(OC[C@H]2O[C@@H](n3ccc(NC(=O)c4ccccc4)nc3=O)C[C@@H]2OP(=S)([S-])OC[C@H]2O[C@@H](n3cc(C)c(=O)[nH]c3=O)C[C@@H]2OC(C)=O)(c2ccccc2)c2ccc(OC)cc2)cc1. The van der Waals surface area contributed by atoms with Gasteiger partial charge in [-0.1, -0.05) is 84.6 Å². The summed E-state index contributed by atoms with van der Waals surface area (Å²) in [6.07, 6.45) is -2.72. The Morgan fingerprint density at radius 2 is 1.36 bits per heavy atom. The predicted molar refractivity (Wildman–Crippen MR) is 262 cm³/mol. The first-order valence-corrected chi connectivity index (χ1v) is 25.7. The highest BCUT2D eigenvalue weighted by Gasteiger charge is 2.45. The summed E-state index contributed by atoms with van der Waals surface area (Å²) in [5, 5.41) is 2.66. The summed E-state index contributed by atoms with van der Waals surface area (Å²) in [7, 11) is 3.17. The molecule has 4 heterocycles. The quantitative estimate of drug-likeness (QED) is 0.0434. The van der Waals surface area contributed by atoms with Crippen LogP contribution in [-0.4, -0.2) is 82.8 Å². The Kier molecular flexibility index (Phi) is 15.6. The molecule has 0 spiro atoms. The number of amides is 1. The van der Waals surface area contributed by atoms with Gasteiger partial charge in [-0.2, -0.15) is 4.98 Å². The van der Waals surface area contributed by atoms with E-state index in [1.807, 2.05) is 78.9 Å². The molecule has 0 radical (unpaired) electrons. The second-order valence-electron chi connectivity index (χ2n) is 16.4. The molecule has 2 saturated heterocycles. The highest BCUT2D eigenvalue weighted by Crippen LogP contribution is 2.52. The molecule has 1 unspecified atom stereocenters. The van der Waals surface area contributed by atoms with Gasteiger partial charge in [0.25, 0.3) is 11.5 Å². The van der Waals surface area contributed by atoms with Gasteiger partial charge >= 0.3 is 17.3 Å². The molecule has 2 fully saturated rings. The molecule has 70 heavy (non-hydrogen) atoms. The number of rotatable bonds is 18. The van der Waals surface area contributed by atoms with Gasteiger partial charge in [-0.3, -0.25) is 28.5 Å². The molecule has 1 amide bonds. The van der Waals surface area contributed by atoms with Crippen molar-refractivity contribution in [3.63, 3.8) is 0 Å². The van der Waals surface area contributed by atoms with Crippen LogP contribution in [0.25, 0.3) is 0 Å². The summed E-state index contributed by atoms with van der Waals surface area (Å²) < 4.78 is 51.8. The molecule has 21 heteroatoms. The number of esters is 1. The van der Waals surface area contributed by atoms with E-state index in [4.69, 9.17) is 61.5 Å². The molecule has 18 nitrogen and oxygen atoms in total. The maximum absolute atomic E-state index is 13.7. The first-order valence-electron chi connectivity index (χ1n) is 22.0. The highest BCUT2D eigenvalue weighted by molar-refractivity contribution is 8.51. The molecule has 0 saturated carbocycles. The summed E-state index contributed by atoms with van der Waals surface area (Å²) in [5.41, 5.74) is -4.00. The maximum atomic E-state index is 13.7. The fourth-order valence-electron chi connectivity index (χ4n) is 8.41. The van der Waals surface area contributed by atoms with Crippen LogP contribution in [0.15, 0.2) is 142 Å². The van der Waals surface area contributed by atoms with Crippen molar-refractivity contribution in [2.75, 3.05) is 32.8 Å². The van der Waals surface area contributed by atoms with Crippen LogP contribution in [0.1, 0.15) is 64.8 Å². The van der Waals surface area contributed by atoms with E-state index in [1.54, 1.807) is 51.5 Å². The Balaban J connectivity index is 1.10. The topological polar surface area (TPSA) is 210 Å². The van der Waals surface area contributed by atoms with Gasteiger partial charge in [0.1, 0.15) is 53.7 Å². The monoisotopic (exact) mass is 1010 g/mol. The average molecular weight is 1010 g/mol. The number of ether oxygens (including phenoxy) is 6. The van der Waals surface area contributed by atoms with Crippen molar-refractivity contribution in [3.05, 3.63) is 187 Å². The van der Waals surface area contributed by atoms with Gasteiger partial charge in [-0.15, -0.1) is 0 Å². The van der Waals surface area contributed by atoms with Crippen LogP contribution >= 0.6 is 5.69 Å². The minimum absolute atomic E-state index is 0.0275. The van der Waals surface area contributed by atoms with Gasteiger partial charge in [-0.05, 0) is 66.1 Å². The molecular formula is C49H49N5O13PS2-. The fraction of sp³-hybridized carbons (Fsp3) is 0.306. The number of aromatic amines is 1. The van der Waals surface area contributed by atoms with E-state index < -0.39 is 77.0 Å². The molecule has 6 aromatic rings. The lowest BCUT2D eigenvalue weighted by Crippen LogP contribution is -2.38. The van der Waals surface area contributed by atoms with Gasteiger partial charge in [0.15, 0.2) is 0 Å². The number of hydrogen-bond acceptors (Lipinski definition) is 16. The Labute approximate surface area is 412 Å². The van der Waals surface area contributed by atoms with Gasteiger partial charge in [0.2, 0.25) is 0 Å². The maximum Gasteiger partial charge on any atom is 0.351 e. The van der Waals surface area contributed by atoms with E-state index in [-0.39, 0.29) is 37.4 Å². The zero-order valence-corrected chi connectivity index (χ0v) is 40.9. The van der Waals surface area contributed by atoms with E-state index in [0.717, 1.165) is 16.7 Å². The zero-order chi connectivity index (χ0) is 49.6. The summed E-state index contributed by atoms with van der Waals surface area (Å²) >= 11 is 11.7. The summed E-state index contributed by atoms with van der Waals surface area (Å²) in [6.45, 7) is 2.34. The van der Waals surface area contributed by atoms with Crippen molar-refractivity contribution in [2.45, 2.75) is 69.2 Å². The number of nitrogens with zero attached hydrogens (tertiary/aromatic N) is 3. The minimum Gasteiger partial charge on any atom is -0.691 e. The van der Waals surface area contributed by atoms with Crippen LogP contribution in [0.5, 0.6) is 11.5 Å².